The summed E-state index contributed by atoms with van der Waals surface area (Å²) >= 11 is 0. The smallest absolute Gasteiger partial charge is 0.196 e. The molecule has 0 aliphatic carbocycles. The fourth-order valence-corrected chi connectivity index (χ4v) is 3.40. The van der Waals surface area contributed by atoms with Gasteiger partial charge in [-0.05, 0) is 13.0 Å². The molecule has 5 atom stereocenters. The molecule has 3 rings (SSSR count). The molecule has 3 fully saturated rings. The maximum Gasteiger partial charge on any atom is 0.196 e. The first kappa shape index (κ1) is 14.0. The predicted molar refractivity (Wildman–Crippen MR) is 75.1 cm³/mol. The summed E-state index contributed by atoms with van der Waals surface area (Å²) in [7, 11) is 0. The average molecular weight is 278 g/mol. The van der Waals surface area contributed by atoms with Crippen molar-refractivity contribution < 1.29 is 19.3 Å². The number of rotatable bonds is 3. The van der Waals surface area contributed by atoms with Crippen LogP contribution in [-0.2, 0) is 14.2 Å². The fraction of sp³-hybridized carbons (Fsp3) is 0.625. The van der Waals surface area contributed by atoms with Gasteiger partial charge in [-0.15, -0.1) is 0 Å². The zero-order chi connectivity index (χ0) is 14.2. The van der Waals surface area contributed by atoms with Crippen molar-refractivity contribution in [2.45, 2.75) is 31.3 Å². The van der Waals surface area contributed by atoms with E-state index in [2.05, 4.69) is 6.92 Å². The van der Waals surface area contributed by atoms with Crippen molar-refractivity contribution in [3.05, 3.63) is 36.5 Å². The lowest BCUT2D eigenvalue weighted by atomic mass is 9.77. The first-order valence-electron chi connectivity index (χ1n) is 7.20. The van der Waals surface area contributed by atoms with Gasteiger partial charge in [-0.25, -0.2) is 0 Å². The number of aliphatic hydroxyl groups is 1. The van der Waals surface area contributed by atoms with Crippen molar-refractivity contribution >= 4 is 0 Å². The van der Waals surface area contributed by atoms with Crippen molar-refractivity contribution in [3.8, 4) is 0 Å². The molecule has 3 heterocycles. The number of hydrogen-bond acceptors (Lipinski definition) is 4. The Morgan fingerprint density at radius 3 is 2.70 bits per heavy atom. The molecule has 0 bridgehead atoms. The number of allylic oxidation sites excluding steroid dienone is 5. The minimum atomic E-state index is -0.920. The summed E-state index contributed by atoms with van der Waals surface area (Å²) in [4.78, 5) is 0. The van der Waals surface area contributed by atoms with Gasteiger partial charge in [0, 0.05) is 5.92 Å². The van der Waals surface area contributed by atoms with Crippen LogP contribution in [0.2, 0.25) is 0 Å². The molecular formula is C16H22O4. The van der Waals surface area contributed by atoms with Gasteiger partial charge in [0.05, 0.1) is 31.8 Å². The molecule has 0 radical (unpaired) electrons. The molecule has 4 nitrogen and oxygen atoms in total. The van der Waals surface area contributed by atoms with Crippen LogP contribution in [0, 0.1) is 11.8 Å². The molecule has 0 aromatic rings. The Hall–Kier alpha value is -0.940. The maximum atomic E-state index is 10.7. The zero-order valence-electron chi connectivity index (χ0n) is 12.0. The Balaban J connectivity index is 1.84. The predicted octanol–water partition coefficient (Wildman–Crippen LogP) is 1.81. The quantitative estimate of drug-likeness (QED) is 0.800. The van der Waals surface area contributed by atoms with E-state index in [-0.39, 0.29) is 24.5 Å². The van der Waals surface area contributed by atoms with Crippen LogP contribution in [0.1, 0.15) is 13.8 Å². The summed E-state index contributed by atoms with van der Waals surface area (Å²) in [5.41, 5.74) is -0.920. The molecule has 110 valence electrons. The first-order valence-corrected chi connectivity index (χ1v) is 7.20. The van der Waals surface area contributed by atoms with Crippen molar-refractivity contribution in [2.75, 3.05) is 19.8 Å². The summed E-state index contributed by atoms with van der Waals surface area (Å²) in [5, 5.41) is 10.7. The highest BCUT2D eigenvalue weighted by molar-refractivity contribution is 5.21. The van der Waals surface area contributed by atoms with Gasteiger partial charge in [-0.3, -0.25) is 0 Å². The normalized spacial score (nSPS) is 47.9. The molecule has 0 aromatic carbocycles. The zero-order valence-corrected chi connectivity index (χ0v) is 12.0. The van der Waals surface area contributed by atoms with Gasteiger partial charge in [0.15, 0.2) is 5.79 Å². The second kappa shape index (κ2) is 5.11. The topological polar surface area (TPSA) is 47.9 Å². The van der Waals surface area contributed by atoms with Crippen LogP contribution in [0.25, 0.3) is 0 Å². The minimum absolute atomic E-state index is 0.000386. The molecule has 0 aromatic heterocycles. The van der Waals surface area contributed by atoms with Gasteiger partial charge in [0.2, 0.25) is 0 Å². The Labute approximate surface area is 119 Å². The van der Waals surface area contributed by atoms with Crippen LogP contribution in [0.5, 0.6) is 0 Å². The van der Waals surface area contributed by atoms with E-state index in [4.69, 9.17) is 14.2 Å². The molecule has 3 aliphatic heterocycles. The second-order valence-corrected chi connectivity index (χ2v) is 5.93. The maximum absolute atomic E-state index is 10.7. The van der Waals surface area contributed by atoms with E-state index >= 15 is 0 Å². The summed E-state index contributed by atoms with van der Waals surface area (Å²) in [6.45, 7) is 5.25. The molecule has 3 saturated heterocycles. The van der Waals surface area contributed by atoms with E-state index in [9.17, 15) is 5.11 Å². The summed E-state index contributed by atoms with van der Waals surface area (Å²) in [6, 6.07) is 0. The van der Waals surface area contributed by atoms with Crippen LogP contribution in [0.4, 0.5) is 0 Å². The highest BCUT2D eigenvalue weighted by Crippen LogP contribution is 2.52. The molecule has 4 heteroatoms. The lowest BCUT2D eigenvalue weighted by Gasteiger charge is -2.42. The van der Waals surface area contributed by atoms with Crippen molar-refractivity contribution in [3.63, 3.8) is 0 Å². The van der Waals surface area contributed by atoms with E-state index in [0.29, 0.717) is 13.2 Å². The van der Waals surface area contributed by atoms with Crippen LogP contribution < -0.4 is 0 Å². The van der Waals surface area contributed by atoms with Crippen LogP contribution in [-0.4, -0.2) is 42.4 Å². The second-order valence-electron chi connectivity index (χ2n) is 5.93. The van der Waals surface area contributed by atoms with Crippen LogP contribution in [0.3, 0.4) is 0 Å². The van der Waals surface area contributed by atoms with Gasteiger partial charge in [0.1, 0.15) is 5.60 Å². The third kappa shape index (κ3) is 2.07. The van der Waals surface area contributed by atoms with E-state index < -0.39 is 11.4 Å². The third-order valence-corrected chi connectivity index (χ3v) is 4.40. The third-order valence-electron chi connectivity index (χ3n) is 4.40. The molecule has 0 saturated carbocycles. The standard InChI is InChI=1S/C16H22O4/c1-3-4-5-6-7-8-16-14-13(12(2)9-19-16)18-10-15(14,17)11-20-16/h3-8,12-14,17H,9-11H2,1-2H3/t12-,13+,14-,15+,16+/m0/s1. The largest absolute Gasteiger partial charge is 0.384 e. The Bertz CT molecular complexity index is 455. The molecular weight excluding hydrogens is 256 g/mol. The Kier molecular flexibility index (Phi) is 3.58. The van der Waals surface area contributed by atoms with E-state index in [1.807, 2.05) is 43.4 Å². The van der Waals surface area contributed by atoms with Gasteiger partial charge in [0.25, 0.3) is 0 Å². The van der Waals surface area contributed by atoms with Gasteiger partial charge < -0.3 is 19.3 Å². The Morgan fingerprint density at radius 2 is 1.90 bits per heavy atom. The summed E-state index contributed by atoms with van der Waals surface area (Å²) < 4.78 is 17.6. The lowest BCUT2D eigenvalue weighted by molar-refractivity contribution is -0.250. The molecule has 0 amide bonds. The Morgan fingerprint density at radius 1 is 1.10 bits per heavy atom. The SMILES string of the molecule is CC=CC=CC=C[C@@]12OC[C@H](C)[C@H]3OC[C@@](O)(CO1)[C@H]32. The van der Waals surface area contributed by atoms with E-state index in [0.717, 1.165) is 0 Å². The van der Waals surface area contributed by atoms with E-state index in [1.54, 1.807) is 0 Å². The molecule has 3 aliphatic rings. The first-order chi connectivity index (χ1) is 9.61. The van der Waals surface area contributed by atoms with Gasteiger partial charge in [-0.1, -0.05) is 37.3 Å². The molecule has 1 N–H and O–H groups in total. The minimum Gasteiger partial charge on any atom is -0.384 e. The molecule has 0 spiro atoms. The highest BCUT2D eigenvalue weighted by atomic mass is 16.7. The summed E-state index contributed by atoms with van der Waals surface area (Å²) in [6.07, 6.45) is 11.6. The van der Waals surface area contributed by atoms with Crippen molar-refractivity contribution in [2.24, 2.45) is 11.8 Å². The number of hydrogen-bond donors (Lipinski definition) is 1. The lowest BCUT2D eigenvalue weighted by Crippen LogP contribution is -2.54. The van der Waals surface area contributed by atoms with Gasteiger partial charge in [-0.2, -0.15) is 0 Å². The van der Waals surface area contributed by atoms with Crippen molar-refractivity contribution in [1.29, 1.82) is 0 Å². The van der Waals surface area contributed by atoms with Crippen LogP contribution >= 0.6 is 0 Å². The number of ether oxygens (including phenoxy) is 3. The molecule has 0 unspecified atom stereocenters. The van der Waals surface area contributed by atoms with Crippen molar-refractivity contribution in [1.82, 2.24) is 0 Å². The van der Waals surface area contributed by atoms with Gasteiger partial charge >= 0.3 is 0 Å². The average Bonchev–Trinajstić information content (AvgIpc) is 2.93. The highest BCUT2D eigenvalue weighted by Gasteiger charge is 2.67. The molecule has 20 heavy (non-hydrogen) atoms. The monoisotopic (exact) mass is 278 g/mol. The summed E-state index contributed by atoms with van der Waals surface area (Å²) in [5.74, 6) is -0.719. The fourth-order valence-electron chi connectivity index (χ4n) is 3.40. The van der Waals surface area contributed by atoms with E-state index in [1.165, 1.54) is 0 Å². The van der Waals surface area contributed by atoms with Crippen LogP contribution in [0.15, 0.2) is 36.5 Å².